The van der Waals surface area contributed by atoms with Crippen molar-refractivity contribution in [3.63, 3.8) is 0 Å². The highest BCUT2D eigenvalue weighted by Crippen LogP contribution is 2.43. The Balaban J connectivity index is 1.79. The second kappa shape index (κ2) is 9.59. The monoisotopic (exact) mass is 418 g/mol. The molecule has 1 heterocycles. The Morgan fingerprint density at radius 1 is 1.10 bits per heavy atom. The van der Waals surface area contributed by atoms with Gasteiger partial charge in [0.25, 0.3) is 0 Å². The summed E-state index contributed by atoms with van der Waals surface area (Å²) in [6.45, 7) is 8.48. The van der Waals surface area contributed by atoms with Crippen LogP contribution in [-0.4, -0.2) is 6.61 Å². The molecule has 162 valence electrons. The number of aryl methyl sites for hydroxylation is 1. The third kappa shape index (κ3) is 4.66. The van der Waals surface area contributed by atoms with Crippen LogP contribution >= 0.6 is 0 Å². The van der Waals surface area contributed by atoms with Crippen LogP contribution in [0.4, 0.5) is 13.2 Å². The van der Waals surface area contributed by atoms with Crippen LogP contribution in [0.25, 0.3) is 0 Å². The average Bonchev–Trinajstić information content (AvgIpc) is 2.74. The second-order valence-electron chi connectivity index (χ2n) is 8.10. The summed E-state index contributed by atoms with van der Waals surface area (Å²) in [7, 11) is 0. The highest BCUT2D eigenvalue weighted by molar-refractivity contribution is 5.54. The fourth-order valence-electron chi connectivity index (χ4n) is 3.51. The number of benzene rings is 2. The number of allylic oxidation sites excluding steroid dienone is 2. The molecule has 1 aliphatic heterocycles. The minimum absolute atomic E-state index is 0.0590. The molecule has 0 saturated carbocycles. The highest BCUT2D eigenvalue weighted by Gasteiger charge is 2.28. The van der Waals surface area contributed by atoms with Crippen molar-refractivity contribution in [1.82, 2.24) is 0 Å². The standard InChI is InChI=1S/C25H29F3O2/c1-5-7-17-12-19-13-18-10-11-20(29-14-16(4)9-8-15(3)6-2)22(27)24(18)30-25(19)23(28)21(17)26/h8,10-12,16H,5-7,9,13-14H2,1-4H3/b15-8+. The summed E-state index contributed by atoms with van der Waals surface area (Å²) in [6, 6.07) is 4.93. The lowest BCUT2D eigenvalue weighted by molar-refractivity contribution is 0.246. The molecule has 0 fully saturated rings. The van der Waals surface area contributed by atoms with Crippen molar-refractivity contribution in [3.05, 3.63) is 64.0 Å². The summed E-state index contributed by atoms with van der Waals surface area (Å²) < 4.78 is 55.1. The summed E-state index contributed by atoms with van der Waals surface area (Å²) in [6.07, 6.45) is 5.45. The maximum absolute atomic E-state index is 15.0. The van der Waals surface area contributed by atoms with Crippen LogP contribution in [0.2, 0.25) is 0 Å². The molecule has 0 amide bonds. The van der Waals surface area contributed by atoms with Gasteiger partial charge >= 0.3 is 0 Å². The molecule has 2 aromatic carbocycles. The molecule has 0 saturated heterocycles. The van der Waals surface area contributed by atoms with E-state index in [0.29, 0.717) is 36.1 Å². The van der Waals surface area contributed by atoms with Crippen LogP contribution in [0.1, 0.15) is 63.6 Å². The summed E-state index contributed by atoms with van der Waals surface area (Å²) in [5.74, 6) is -2.70. The molecule has 1 aliphatic rings. The maximum atomic E-state index is 15.0. The van der Waals surface area contributed by atoms with Gasteiger partial charge in [0, 0.05) is 17.5 Å². The van der Waals surface area contributed by atoms with Gasteiger partial charge in [-0.2, -0.15) is 8.78 Å². The normalized spacial score (nSPS) is 14.0. The zero-order chi connectivity index (χ0) is 21.8. The summed E-state index contributed by atoms with van der Waals surface area (Å²) in [5.41, 5.74) is 2.76. The molecular formula is C25H29F3O2. The van der Waals surface area contributed by atoms with Crippen molar-refractivity contribution in [2.24, 2.45) is 5.92 Å². The fraction of sp³-hybridized carbons (Fsp3) is 0.440. The number of ether oxygens (including phenoxy) is 2. The molecule has 0 N–H and O–H groups in total. The summed E-state index contributed by atoms with van der Waals surface area (Å²) in [4.78, 5) is 0. The second-order valence-corrected chi connectivity index (χ2v) is 8.10. The Labute approximate surface area is 176 Å². The van der Waals surface area contributed by atoms with Crippen molar-refractivity contribution in [3.8, 4) is 17.2 Å². The van der Waals surface area contributed by atoms with Crippen molar-refractivity contribution < 1.29 is 22.6 Å². The smallest absolute Gasteiger partial charge is 0.207 e. The van der Waals surface area contributed by atoms with E-state index in [1.165, 1.54) is 5.57 Å². The number of hydrogen-bond acceptors (Lipinski definition) is 2. The van der Waals surface area contributed by atoms with E-state index in [1.807, 2.05) is 13.8 Å². The highest BCUT2D eigenvalue weighted by atomic mass is 19.2. The minimum atomic E-state index is -1.06. The van der Waals surface area contributed by atoms with E-state index in [9.17, 15) is 8.78 Å². The van der Waals surface area contributed by atoms with Crippen molar-refractivity contribution in [1.29, 1.82) is 0 Å². The van der Waals surface area contributed by atoms with Crippen LogP contribution in [0.15, 0.2) is 29.8 Å². The van der Waals surface area contributed by atoms with Crippen molar-refractivity contribution in [2.45, 2.75) is 59.8 Å². The molecule has 1 atom stereocenters. The van der Waals surface area contributed by atoms with Crippen molar-refractivity contribution >= 4 is 0 Å². The van der Waals surface area contributed by atoms with Gasteiger partial charge in [0.2, 0.25) is 11.6 Å². The molecule has 0 spiro atoms. The molecule has 1 unspecified atom stereocenters. The van der Waals surface area contributed by atoms with E-state index in [2.05, 4.69) is 19.9 Å². The van der Waals surface area contributed by atoms with Gasteiger partial charge < -0.3 is 9.47 Å². The first-order valence-electron chi connectivity index (χ1n) is 10.6. The molecule has 2 aromatic rings. The van der Waals surface area contributed by atoms with Crippen LogP contribution in [-0.2, 0) is 12.8 Å². The Hall–Kier alpha value is -2.43. The van der Waals surface area contributed by atoms with Gasteiger partial charge in [0.15, 0.2) is 23.1 Å². The Bertz CT molecular complexity index is 950. The fourth-order valence-corrected chi connectivity index (χ4v) is 3.51. The lowest BCUT2D eigenvalue weighted by Gasteiger charge is -2.23. The molecule has 2 nitrogen and oxygen atoms in total. The Kier molecular flexibility index (Phi) is 7.11. The van der Waals surface area contributed by atoms with E-state index >= 15 is 4.39 Å². The minimum Gasteiger partial charge on any atom is -0.490 e. The molecule has 30 heavy (non-hydrogen) atoms. The van der Waals surface area contributed by atoms with E-state index in [-0.39, 0.29) is 29.6 Å². The molecule has 3 rings (SSSR count). The molecule has 0 aromatic heterocycles. The van der Waals surface area contributed by atoms with E-state index in [1.54, 1.807) is 18.2 Å². The zero-order valence-electron chi connectivity index (χ0n) is 18.1. The first-order valence-corrected chi connectivity index (χ1v) is 10.6. The lowest BCUT2D eigenvalue weighted by Crippen LogP contribution is -2.12. The van der Waals surface area contributed by atoms with E-state index in [4.69, 9.17) is 9.47 Å². The Morgan fingerprint density at radius 2 is 1.83 bits per heavy atom. The predicted octanol–water partition coefficient (Wildman–Crippen LogP) is 7.51. The van der Waals surface area contributed by atoms with Crippen LogP contribution < -0.4 is 9.47 Å². The third-order valence-corrected chi connectivity index (χ3v) is 5.51. The van der Waals surface area contributed by atoms with Crippen molar-refractivity contribution in [2.75, 3.05) is 6.61 Å². The van der Waals surface area contributed by atoms with Gasteiger partial charge in [0.1, 0.15) is 0 Å². The molecule has 5 heteroatoms. The quantitative estimate of drug-likeness (QED) is 0.352. The van der Waals surface area contributed by atoms with Crippen LogP contribution in [0, 0.1) is 23.4 Å². The van der Waals surface area contributed by atoms with Gasteiger partial charge in [-0.25, -0.2) is 4.39 Å². The summed E-state index contributed by atoms with van der Waals surface area (Å²) >= 11 is 0. The largest absolute Gasteiger partial charge is 0.490 e. The van der Waals surface area contributed by atoms with E-state index < -0.39 is 17.5 Å². The van der Waals surface area contributed by atoms with E-state index in [0.717, 1.165) is 12.8 Å². The van der Waals surface area contributed by atoms with Crippen LogP contribution in [0.3, 0.4) is 0 Å². The number of halogens is 3. The Morgan fingerprint density at radius 3 is 2.53 bits per heavy atom. The third-order valence-electron chi connectivity index (χ3n) is 5.51. The molecule has 0 aliphatic carbocycles. The van der Waals surface area contributed by atoms with Gasteiger partial charge in [-0.15, -0.1) is 0 Å². The van der Waals surface area contributed by atoms with Gasteiger partial charge in [-0.3, -0.25) is 0 Å². The molecule has 0 bridgehead atoms. The number of rotatable bonds is 8. The van der Waals surface area contributed by atoms with Gasteiger partial charge in [-0.05, 0) is 49.8 Å². The topological polar surface area (TPSA) is 18.5 Å². The molecule has 0 radical (unpaired) electrons. The average molecular weight is 418 g/mol. The van der Waals surface area contributed by atoms with Gasteiger partial charge in [-0.1, -0.05) is 44.9 Å². The first-order chi connectivity index (χ1) is 14.3. The number of hydrogen-bond donors (Lipinski definition) is 0. The first kappa shape index (κ1) is 22.3. The maximum Gasteiger partial charge on any atom is 0.207 e. The SMILES string of the molecule is CCCc1cc2c(c(F)c1F)Oc1c(ccc(OCC(C)C/C=C(\C)CC)c1F)C2. The predicted molar refractivity (Wildman–Crippen MR) is 113 cm³/mol. The summed E-state index contributed by atoms with van der Waals surface area (Å²) in [5, 5.41) is 0. The zero-order valence-corrected chi connectivity index (χ0v) is 18.1. The van der Waals surface area contributed by atoms with Crippen LogP contribution in [0.5, 0.6) is 17.2 Å². The van der Waals surface area contributed by atoms with Gasteiger partial charge in [0.05, 0.1) is 6.61 Å². The number of fused-ring (bicyclic) bond motifs is 2. The lowest BCUT2D eigenvalue weighted by atomic mass is 9.96. The molecular weight excluding hydrogens is 389 g/mol.